The predicted octanol–water partition coefficient (Wildman–Crippen LogP) is 1.29. The van der Waals surface area contributed by atoms with E-state index in [1.807, 2.05) is 0 Å². The summed E-state index contributed by atoms with van der Waals surface area (Å²) in [5.74, 6) is -1.65. The highest BCUT2D eigenvalue weighted by Crippen LogP contribution is 2.38. The highest BCUT2D eigenvalue weighted by molar-refractivity contribution is 6.38. The van der Waals surface area contributed by atoms with Gasteiger partial charge in [0, 0.05) is 5.02 Å². The first-order valence-corrected chi connectivity index (χ1v) is 6.81. The number of halogens is 1. The molecule has 1 fully saturated rings. The van der Waals surface area contributed by atoms with Gasteiger partial charge in [-0.15, -0.1) is 0 Å². The summed E-state index contributed by atoms with van der Waals surface area (Å²) in [6, 6.07) is 6.28. The summed E-state index contributed by atoms with van der Waals surface area (Å²) in [6.45, 7) is 0. The Bertz CT molecular complexity index is 700. The van der Waals surface area contributed by atoms with Gasteiger partial charge < -0.3 is 9.57 Å². The third-order valence-electron chi connectivity index (χ3n) is 3.57. The molecule has 1 saturated heterocycles. The van der Waals surface area contributed by atoms with Crippen LogP contribution in [0.4, 0.5) is 5.69 Å². The van der Waals surface area contributed by atoms with Crippen LogP contribution in [0.25, 0.3) is 0 Å². The molecule has 0 N–H and O–H groups in total. The first-order chi connectivity index (χ1) is 10.5. The Kier molecular flexibility index (Phi) is 3.37. The molecule has 0 aromatic heterocycles. The van der Waals surface area contributed by atoms with Gasteiger partial charge in [-0.05, 0) is 24.3 Å². The highest BCUT2D eigenvalue weighted by atomic mass is 35.5. The lowest BCUT2D eigenvalue weighted by atomic mass is 9.95. The molecule has 2 amide bonds. The summed E-state index contributed by atoms with van der Waals surface area (Å²) in [6.07, 6.45) is -0.271. The van der Waals surface area contributed by atoms with Crippen LogP contribution < -0.4 is 4.90 Å². The Morgan fingerprint density at radius 1 is 1.32 bits per heavy atom. The number of amides is 2. The van der Waals surface area contributed by atoms with E-state index >= 15 is 0 Å². The van der Waals surface area contributed by atoms with E-state index in [-0.39, 0.29) is 18.6 Å². The molecule has 2 heterocycles. The number of rotatable bonds is 2. The number of esters is 1. The molecular formula is C14H11ClN2O5. The first kappa shape index (κ1) is 14.5. The number of oxime groups is 1. The Labute approximate surface area is 130 Å². The molecule has 0 saturated carbocycles. The molecule has 7 nitrogen and oxygen atoms in total. The predicted molar refractivity (Wildman–Crippen MR) is 76.4 cm³/mol. The fourth-order valence-electron chi connectivity index (χ4n) is 2.48. The normalized spacial score (nSPS) is 23.7. The van der Waals surface area contributed by atoms with Gasteiger partial charge in [0.1, 0.15) is 0 Å². The average molecular weight is 323 g/mol. The van der Waals surface area contributed by atoms with E-state index in [1.54, 1.807) is 24.3 Å². The topological polar surface area (TPSA) is 85.3 Å². The van der Waals surface area contributed by atoms with Gasteiger partial charge in [-0.3, -0.25) is 9.59 Å². The smallest absolute Gasteiger partial charge is 0.356 e. The fourth-order valence-corrected chi connectivity index (χ4v) is 2.61. The lowest BCUT2D eigenvalue weighted by Gasteiger charge is -2.19. The summed E-state index contributed by atoms with van der Waals surface area (Å²) in [5.41, 5.74) is -1.08. The zero-order chi connectivity index (χ0) is 15.9. The molecule has 1 unspecified atom stereocenters. The van der Waals surface area contributed by atoms with Crippen LogP contribution in [-0.2, 0) is 24.0 Å². The minimum Gasteiger partial charge on any atom is -0.464 e. The van der Waals surface area contributed by atoms with Gasteiger partial charge in [0.05, 0.1) is 25.6 Å². The van der Waals surface area contributed by atoms with E-state index in [0.717, 1.165) is 4.90 Å². The molecule has 1 aromatic rings. The number of hydrogen-bond acceptors (Lipinski definition) is 6. The van der Waals surface area contributed by atoms with E-state index in [1.165, 1.54) is 7.11 Å². The van der Waals surface area contributed by atoms with Gasteiger partial charge in [0.15, 0.2) is 5.71 Å². The molecule has 2 aliphatic rings. The summed E-state index contributed by atoms with van der Waals surface area (Å²) in [5, 5.41) is 4.08. The number of nitrogens with zero attached hydrogens (tertiary/aromatic N) is 2. The minimum atomic E-state index is -1.46. The number of carbonyl (C=O) groups is 3. The van der Waals surface area contributed by atoms with Crippen LogP contribution in [-0.4, -0.2) is 36.2 Å². The second kappa shape index (κ2) is 5.10. The Morgan fingerprint density at radius 2 is 2.00 bits per heavy atom. The van der Waals surface area contributed by atoms with E-state index in [9.17, 15) is 14.4 Å². The maximum Gasteiger partial charge on any atom is 0.356 e. The maximum atomic E-state index is 12.6. The molecule has 1 aromatic carbocycles. The average Bonchev–Trinajstić information content (AvgIpc) is 3.03. The third kappa shape index (κ3) is 2.14. The fraction of sp³-hybridized carbons (Fsp3) is 0.286. The van der Waals surface area contributed by atoms with Crippen molar-refractivity contribution in [1.29, 1.82) is 0 Å². The van der Waals surface area contributed by atoms with Crippen molar-refractivity contribution in [3.05, 3.63) is 29.3 Å². The molecule has 0 radical (unpaired) electrons. The van der Waals surface area contributed by atoms with E-state index in [4.69, 9.17) is 16.4 Å². The molecule has 3 rings (SSSR count). The minimum absolute atomic E-state index is 0.0124. The zero-order valence-electron chi connectivity index (χ0n) is 11.5. The largest absolute Gasteiger partial charge is 0.464 e. The number of imide groups is 1. The number of anilines is 1. The third-order valence-corrected chi connectivity index (χ3v) is 3.82. The zero-order valence-corrected chi connectivity index (χ0v) is 12.3. The first-order valence-electron chi connectivity index (χ1n) is 6.43. The quantitative estimate of drug-likeness (QED) is 0.605. The lowest BCUT2D eigenvalue weighted by molar-refractivity contribution is -0.136. The molecular weight excluding hydrogens is 312 g/mol. The van der Waals surface area contributed by atoms with Crippen molar-refractivity contribution in [3.63, 3.8) is 0 Å². The van der Waals surface area contributed by atoms with Crippen molar-refractivity contribution in [2.75, 3.05) is 12.0 Å². The van der Waals surface area contributed by atoms with Gasteiger partial charge in [0.2, 0.25) is 11.5 Å². The molecule has 0 bridgehead atoms. The molecule has 8 heteroatoms. The van der Waals surface area contributed by atoms with Crippen molar-refractivity contribution in [2.45, 2.75) is 18.4 Å². The molecule has 1 atom stereocenters. The number of ether oxygens (including phenoxy) is 1. The van der Waals surface area contributed by atoms with E-state index in [0.29, 0.717) is 10.7 Å². The van der Waals surface area contributed by atoms with Crippen LogP contribution in [0.15, 0.2) is 29.4 Å². The van der Waals surface area contributed by atoms with Gasteiger partial charge in [-0.2, -0.15) is 0 Å². The standard InChI is InChI=1S/C14H11ClN2O5/c1-21-12(19)10-6-14(22-16-10)7-11(18)17(13(14)20)9-4-2-8(15)3-5-9/h2-5H,6-7H2,1H3. The van der Waals surface area contributed by atoms with Crippen LogP contribution >= 0.6 is 11.6 Å². The van der Waals surface area contributed by atoms with Crippen molar-refractivity contribution in [1.82, 2.24) is 0 Å². The van der Waals surface area contributed by atoms with Crippen molar-refractivity contribution in [3.8, 4) is 0 Å². The summed E-state index contributed by atoms with van der Waals surface area (Å²) in [7, 11) is 1.21. The van der Waals surface area contributed by atoms with Gasteiger partial charge in [0.25, 0.3) is 5.91 Å². The van der Waals surface area contributed by atoms with Crippen molar-refractivity contribution >= 4 is 40.8 Å². The second-order valence-corrected chi connectivity index (χ2v) is 5.42. The molecule has 22 heavy (non-hydrogen) atoms. The Hall–Kier alpha value is -2.41. The SMILES string of the molecule is COC(=O)C1=NOC2(CC(=O)N(c3ccc(Cl)cc3)C2=O)C1. The Balaban J connectivity index is 1.87. The van der Waals surface area contributed by atoms with Crippen LogP contribution in [0, 0.1) is 0 Å². The van der Waals surface area contributed by atoms with Crippen LogP contribution in [0.2, 0.25) is 5.02 Å². The van der Waals surface area contributed by atoms with Crippen molar-refractivity contribution in [2.24, 2.45) is 5.16 Å². The molecule has 114 valence electrons. The summed E-state index contributed by atoms with van der Waals surface area (Å²) >= 11 is 5.80. The summed E-state index contributed by atoms with van der Waals surface area (Å²) < 4.78 is 4.55. The van der Waals surface area contributed by atoms with Crippen LogP contribution in [0.3, 0.4) is 0 Å². The van der Waals surface area contributed by atoms with Crippen molar-refractivity contribution < 1.29 is 24.0 Å². The van der Waals surface area contributed by atoms with E-state index in [2.05, 4.69) is 9.89 Å². The number of methoxy groups -OCH3 is 1. The van der Waals surface area contributed by atoms with Crippen LogP contribution in [0.5, 0.6) is 0 Å². The second-order valence-electron chi connectivity index (χ2n) is 4.98. The van der Waals surface area contributed by atoms with Crippen LogP contribution in [0.1, 0.15) is 12.8 Å². The van der Waals surface area contributed by atoms with Gasteiger partial charge >= 0.3 is 5.97 Å². The number of hydrogen-bond donors (Lipinski definition) is 0. The molecule has 2 aliphatic heterocycles. The number of carbonyl (C=O) groups excluding carboxylic acids is 3. The molecule has 1 spiro atoms. The number of benzene rings is 1. The highest BCUT2D eigenvalue weighted by Gasteiger charge is 2.58. The molecule has 0 aliphatic carbocycles. The Morgan fingerprint density at radius 3 is 2.64 bits per heavy atom. The monoisotopic (exact) mass is 322 g/mol. The van der Waals surface area contributed by atoms with Gasteiger partial charge in [-0.25, -0.2) is 9.69 Å². The summed E-state index contributed by atoms with van der Waals surface area (Å²) in [4.78, 5) is 42.4. The van der Waals surface area contributed by atoms with Gasteiger partial charge in [-0.1, -0.05) is 16.8 Å². The van der Waals surface area contributed by atoms with E-state index < -0.39 is 23.4 Å². The lowest BCUT2D eigenvalue weighted by Crippen LogP contribution is -2.41. The maximum absolute atomic E-state index is 12.6.